The third-order valence-corrected chi connectivity index (χ3v) is 7.90. The number of phenols is 1. The van der Waals surface area contributed by atoms with Gasteiger partial charge in [-0.2, -0.15) is 9.97 Å². The number of para-hydroxylation sites is 1. The number of rotatable bonds is 5. The number of aromatic hydroxyl groups is 1. The second-order valence-corrected chi connectivity index (χ2v) is 10.2. The highest BCUT2D eigenvalue weighted by molar-refractivity contribution is 5.61. The van der Waals surface area contributed by atoms with Crippen LogP contribution in [0.4, 0.5) is 15.9 Å². The lowest BCUT2D eigenvalue weighted by atomic mass is 10.0. The van der Waals surface area contributed by atoms with Crippen molar-refractivity contribution < 1.29 is 14.2 Å². The molecule has 8 nitrogen and oxygen atoms in total. The summed E-state index contributed by atoms with van der Waals surface area (Å²) in [7, 11) is 2.13. The molecule has 3 saturated heterocycles. The minimum Gasteiger partial charge on any atom is -0.506 e. The zero-order valence-electron chi connectivity index (χ0n) is 19.7. The Morgan fingerprint density at radius 1 is 1.12 bits per heavy atom. The van der Waals surface area contributed by atoms with Crippen LogP contribution >= 0.6 is 0 Å². The fraction of sp³-hybridized carbons (Fsp3) is 0.600. The van der Waals surface area contributed by atoms with Crippen LogP contribution in [0.25, 0.3) is 0 Å². The number of hydrogen-bond donors (Lipinski definition) is 2. The first-order valence-electron chi connectivity index (χ1n) is 12.5. The van der Waals surface area contributed by atoms with Gasteiger partial charge in [-0.15, -0.1) is 0 Å². The summed E-state index contributed by atoms with van der Waals surface area (Å²) in [6, 6.07) is 6.22. The average molecular weight is 469 g/mol. The number of likely N-dealkylation sites (tertiary alicyclic amines) is 1. The van der Waals surface area contributed by atoms with E-state index in [1.54, 1.807) is 0 Å². The van der Waals surface area contributed by atoms with Crippen molar-refractivity contribution in [3.05, 3.63) is 35.3 Å². The Labute approximate surface area is 199 Å². The maximum absolute atomic E-state index is 14.6. The molecule has 0 unspecified atom stereocenters. The van der Waals surface area contributed by atoms with Crippen LogP contribution in [0.5, 0.6) is 11.8 Å². The number of nitrogens with zero attached hydrogens (tertiary/aromatic N) is 5. The van der Waals surface area contributed by atoms with Gasteiger partial charge in [0.1, 0.15) is 29.7 Å². The first kappa shape index (κ1) is 21.9. The van der Waals surface area contributed by atoms with Crippen LogP contribution in [-0.4, -0.2) is 77.9 Å². The largest absolute Gasteiger partial charge is 0.506 e. The van der Waals surface area contributed by atoms with Gasteiger partial charge in [0.05, 0.1) is 12.2 Å². The number of anilines is 2. The van der Waals surface area contributed by atoms with Crippen LogP contribution in [-0.2, 0) is 13.0 Å². The van der Waals surface area contributed by atoms with Crippen LogP contribution < -0.4 is 19.9 Å². The summed E-state index contributed by atoms with van der Waals surface area (Å²) in [5, 5.41) is 14.0. The average Bonchev–Trinajstić information content (AvgIpc) is 3.40. The van der Waals surface area contributed by atoms with E-state index in [9.17, 15) is 9.50 Å². The summed E-state index contributed by atoms with van der Waals surface area (Å²) in [4.78, 5) is 16.3. The summed E-state index contributed by atoms with van der Waals surface area (Å²) in [6.45, 7) is 4.54. The van der Waals surface area contributed by atoms with Crippen LogP contribution in [0.1, 0.15) is 36.9 Å². The van der Waals surface area contributed by atoms with Gasteiger partial charge in [0.15, 0.2) is 0 Å². The van der Waals surface area contributed by atoms with Gasteiger partial charge in [-0.25, -0.2) is 4.39 Å². The minimum atomic E-state index is -0.419. The number of nitrogens with one attached hydrogen (secondary N) is 1. The zero-order valence-corrected chi connectivity index (χ0v) is 19.7. The zero-order chi connectivity index (χ0) is 23.2. The molecule has 4 aliphatic heterocycles. The number of hydrogen-bond acceptors (Lipinski definition) is 8. The predicted molar refractivity (Wildman–Crippen MR) is 128 cm³/mol. The van der Waals surface area contributed by atoms with E-state index >= 15 is 0 Å². The summed E-state index contributed by atoms with van der Waals surface area (Å²) in [6.07, 6.45) is 5.41. The number of fused-ring (bicyclic) bond motifs is 3. The summed E-state index contributed by atoms with van der Waals surface area (Å²) < 4.78 is 20.8. The summed E-state index contributed by atoms with van der Waals surface area (Å²) >= 11 is 0. The molecule has 3 fully saturated rings. The van der Waals surface area contributed by atoms with Crippen molar-refractivity contribution in [2.24, 2.45) is 0 Å². The number of ether oxygens (including phenoxy) is 1. The third-order valence-electron chi connectivity index (χ3n) is 7.90. The Kier molecular flexibility index (Phi) is 5.69. The van der Waals surface area contributed by atoms with Gasteiger partial charge in [0, 0.05) is 43.3 Å². The topological polar surface area (TPSA) is 77.0 Å². The van der Waals surface area contributed by atoms with Crippen molar-refractivity contribution in [1.29, 1.82) is 0 Å². The molecule has 2 bridgehead atoms. The molecule has 0 saturated carbocycles. The minimum absolute atomic E-state index is 0.0443. The highest BCUT2D eigenvalue weighted by Crippen LogP contribution is 2.37. The fourth-order valence-electron chi connectivity index (χ4n) is 6.05. The molecule has 9 heteroatoms. The number of aromatic nitrogens is 2. The van der Waals surface area contributed by atoms with Gasteiger partial charge in [-0.05, 0) is 57.8 Å². The van der Waals surface area contributed by atoms with E-state index in [-0.39, 0.29) is 11.4 Å². The van der Waals surface area contributed by atoms with E-state index in [0.717, 1.165) is 43.1 Å². The van der Waals surface area contributed by atoms with Crippen molar-refractivity contribution in [3.8, 4) is 11.8 Å². The number of likely N-dealkylation sites (N-methyl/N-ethyl adjacent to an activating group) is 1. The van der Waals surface area contributed by atoms with Crippen molar-refractivity contribution >= 4 is 11.5 Å². The first-order chi connectivity index (χ1) is 16.5. The highest BCUT2D eigenvalue weighted by atomic mass is 19.1. The van der Waals surface area contributed by atoms with Crippen molar-refractivity contribution in [3.63, 3.8) is 0 Å². The van der Waals surface area contributed by atoms with E-state index in [2.05, 4.69) is 22.2 Å². The van der Waals surface area contributed by atoms with E-state index < -0.39 is 5.82 Å². The summed E-state index contributed by atoms with van der Waals surface area (Å²) in [5.74, 6) is 0.505. The second-order valence-electron chi connectivity index (χ2n) is 10.2. The molecule has 1 aromatic heterocycles. The normalized spacial score (nSPS) is 26.7. The van der Waals surface area contributed by atoms with Gasteiger partial charge in [0.25, 0.3) is 0 Å². The van der Waals surface area contributed by atoms with Gasteiger partial charge < -0.3 is 29.9 Å². The maximum Gasteiger partial charge on any atom is 0.318 e. The van der Waals surface area contributed by atoms with E-state index in [0.29, 0.717) is 50.3 Å². The number of piperazine rings is 1. The van der Waals surface area contributed by atoms with Gasteiger partial charge in [-0.3, -0.25) is 0 Å². The SMILES string of the molecule is CN1CCC[C@H]1COc1nc2c(c(N3C[C@H]4CC[C@@H](C3)N4)n1)CCN(c1c(O)cccc1F)C2. The van der Waals surface area contributed by atoms with E-state index in [1.165, 1.54) is 37.5 Å². The molecule has 2 N–H and O–H groups in total. The lowest BCUT2D eigenvalue weighted by molar-refractivity contribution is 0.187. The molecule has 2 aromatic rings. The van der Waals surface area contributed by atoms with Crippen LogP contribution in [0.3, 0.4) is 0 Å². The number of halogens is 1. The molecule has 34 heavy (non-hydrogen) atoms. The molecule has 5 heterocycles. The molecule has 0 spiro atoms. The van der Waals surface area contributed by atoms with E-state index in [4.69, 9.17) is 14.7 Å². The van der Waals surface area contributed by atoms with Crippen LogP contribution in [0.2, 0.25) is 0 Å². The Balaban J connectivity index is 1.32. The molecule has 0 radical (unpaired) electrons. The Hall–Kier alpha value is -2.65. The van der Waals surface area contributed by atoms with Crippen LogP contribution in [0.15, 0.2) is 18.2 Å². The van der Waals surface area contributed by atoms with E-state index in [1.807, 2.05) is 4.90 Å². The smallest absolute Gasteiger partial charge is 0.318 e. The Bertz CT molecular complexity index is 1040. The maximum atomic E-state index is 14.6. The molecule has 3 atom stereocenters. The lowest BCUT2D eigenvalue weighted by Crippen LogP contribution is -2.52. The lowest BCUT2D eigenvalue weighted by Gasteiger charge is -2.37. The van der Waals surface area contributed by atoms with Crippen LogP contribution in [0, 0.1) is 5.82 Å². The quantitative estimate of drug-likeness (QED) is 0.693. The molecule has 182 valence electrons. The second kappa shape index (κ2) is 8.85. The molecule has 4 aliphatic rings. The van der Waals surface area contributed by atoms with Gasteiger partial charge in [-0.1, -0.05) is 6.07 Å². The molecule has 0 amide bonds. The number of benzene rings is 1. The Morgan fingerprint density at radius 3 is 2.68 bits per heavy atom. The monoisotopic (exact) mass is 468 g/mol. The van der Waals surface area contributed by atoms with Crippen molar-refractivity contribution in [2.45, 2.75) is 56.8 Å². The highest BCUT2D eigenvalue weighted by Gasteiger charge is 2.36. The standard InChI is InChI=1S/C25H33FN6O2/c1-30-10-3-4-18(30)15-34-25-28-21-14-31(23-20(26)5-2-6-22(23)33)11-9-19(21)24(29-25)32-12-16-7-8-17(13-32)27-16/h2,5-6,16-18,27,33H,3-4,7-15H2,1H3/t16-,17+,18-/m0/s1. The molecule has 0 aliphatic carbocycles. The number of phenolic OH excluding ortho intramolecular Hbond substituents is 1. The fourth-order valence-corrected chi connectivity index (χ4v) is 6.05. The predicted octanol–water partition coefficient (Wildman–Crippen LogP) is 2.30. The molecule has 1 aromatic carbocycles. The van der Waals surface area contributed by atoms with Crippen molar-refractivity contribution in [1.82, 2.24) is 20.2 Å². The molecular weight excluding hydrogens is 435 g/mol. The molecular formula is C25H33FN6O2. The van der Waals surface area contributed by atoms with Gasteiger partial charge in [0.2, 0.25) is 0 Å². The van der Waals surface area contributed by atoms with Gasteiger partial charge >= 0.3 is 6.01 Å². The first-order valence-corrected chi connectivity index (χ1v) is 12.5. The summed E-state index contributed by atoms with van der Waals surface area (Å²) in [5.41, 5.74) is 2.22. The third kappa shape index (κ3) is 4.05. The van der Waals surface area contributed by atoms with Crippen molar-refractivity contribution in [2.75, 3.05) is 49.6 Å². The molecule has 6 rings (SSSR count). The Morgan fingerprint density at radius 2 is 1.94 bits per heavy atom.